The lowest BCUT2D eigenvalue weighted by atomic mass is 9.86. The summed E-state index contributed by atoms with van der Waals surface area (Å²) in [7, 11) is 0. The van der Waals surface area contributed by atoms with E-state index in [1.54, 1.807) is 0 Å². The third-order valence-corrected chi connectivity index (χ3v) is 3.73. The van der Waals surface area contributed by atoms with Crippen molar-refractivity contribution in [2.24, 2.45) is 5.92 Å². The summed E-state index contributed by atoms with van der Waals surface area (Å²) in [6.45, 7) is 0. The summed E-state index contributed by atoms with van der Waals surface area (Å²) in [6.07, 6.45) is -4.63. The van der Waals surface area contributed by atoms with Gasteiger partial charge in [0.2, 0.25) is 5.54 Å². The molecular formula is C14H12ClF3N2O. The number of fused-ring (bicyclic) bond motifs is 1. The number of nitrogens with one attached hydrogen (secondary N) is 2. The summed E-state index contributed by atoms with van der Waals surface area (Å²) in [5, 5.41) is 14.5. The van der Waals surface area contributed by atoms with E-state index in [9.17, 15) is 18.3 Å². The molecule has 1 saturated carbocycles. The summed E-state index contributed by atoms with van der Waals surface area (Å²) in [6, 6.07) is 4.08. The zero-order chi connectivity index (χ0) is 15.3. The van der Waals surface area contributed by atoms with Gasteiger partial charge in [-0.25, -0.2) is 5.32 Å². The van der Waals surface area contributed by atoms with Gasteiger partial charge < -0.3 is 10.4 Å². The molecule has 7 heteroatoms. The predicted molar refractivity (Wildman–Crippen MR) is 72.5 cm³/mol. The van der Waals surface area contributed by atoms with Crippen molar-refractivity contribution in [3.8, 4) is 11.8 Å². The molecule has 0 radical (unpaired) electrons. The van der Waals surface area contributed by atoms with Gasteiger partial charge >= 0.3 is 6.18 Å². The fourth-order valence-electron chi connectivity index (χ4n) is 2.27. The van der Waals surface area contributed by atoms with Crippen LogP contribution in [0.1, 0.15) is 18.4 Å². The van der Waals surface area contributed by atoms with Crippen LogP contribution in [0.4, 0.5) is 18.9 Å². The lowest BCUT2D eigenvalue weighted by Gasteiger charge is -2.40. The van der Waals surface area contributed by atoms with E-state index in [0.717, 1.165) is 12.8 Å². The maximum absolute atomic E-state index is 13.7. The molecule has 0 aromatic heterocycles. The summed E-state index contributed by atoms with van der Waals surface area (Å²) in [5.41, 5.74) is -2.59. The molecule has 3 rings (SSSR count). The second kappa shape index (κ2) is 4.80. The number of anilines is 1. The van der Waals surface area contributed by atoms with Gasteiger partial charge in [0.25, 0.3) is 0 Å². The fourth-order valence-corrected chi connectivity index (χ4v) is 2.44. The number of hydrogen-bond acceptors (Lipinski definition) is 3. The molecule has 112 valence electrons. The molecule has 1 aliphatic carbocycles. The van der Waals surface area contributed by atoms with Gasteiger partial charge in [-0.15, -0.1) is 0 Å². The predicted octanol–water partition coefficient (Wildman–Crippen LogP) is 2.80. The number of alkyl halides is 3. The molecule has 3 N–H and O–H groups in total. The molecule has 0 bridgehead atoms. The van der Waals surface area contributed by atoms with E-state index in [-0.39, 0.29) is 22.2 Å². The molecule has 0 spiro atoms. The Labute approximate surface area is 124 Å². The molecule has 3 nitrogen and oxygen atoms in total. The van der Waals surface area contributed by atoms with Crippen molar-refractivity contribution >= 4 is 17.3 Å². The van der Waals surface area contributed by atoms with Crippen LogP contribution < -0.4 is 10.6 Å². The maximum Gasteiger partial charge on any atom is 0.422 e. The van der Waals surface area contributed by atoms with Gasteiger partial charge in [0.1, 0.15) is 0 Å². The molecule has 0 saturated heterocycles. The second-order valence-electron chi connectivity index (χ2n) is 5.17. The van der Waals surface area contributed by atoms with Gasteiger partial charge in [0.15, 0.2) is 6.35 Å². The second-order valence-corrected chi connectivity index (χ2v) is 5.61. The van der Waals surface area contributed by atoms with Crippen molar-refractivity contribution in [3.63, 3.8) is 0 Å². The molecule has 0 amide bonds. The Bertz CT molecular complexity index is 633. The zero-order valence-corrected chi connectivity index (χ0v) is 11.5. The minimum atomic E-state index is -4.70. The molecular weight excluding hydrogens is 305 g/mol. The smallest absolute Gasteiger partial charge is 0.361 e. The minimum absolute atomic E-state index is 0.000637. The SMILES string of the molecule is OC1Nc2ccc(Cl)cc2[C@@](C#CC2CC2)(C(F)(F)F)N1. The lowest BCUT2D eigenvalue weighted by Crippen LogP contribution is -2.61. The first-order valence-electron chi connectivity index (χ1n) is 6.43. The minimum Gasteiger partial charge on any atom is -0.361 e. The molecule has 1 aromatic carbocycles. The van der Waals surface area contributed by atoms with E-state index in [4.69, 9.17) is 11.6 Å². The van der Waals surface area contributed by atoms with Crippen molar-refractivity contribution < 1.29 is 18.3 Å². The third-order valence-electron chi connectivity index (χ3n) is 3.50. The number of aliphatic hydroxyl groups is 1. The topological polar surface area (TPSA) is 44.3 Å². The van der Waals surface area contributed by atoms with Crippen LogP contribution >= 0.6 is 11.6 Å². The van der Waals surface area contributed by atoms with Crippen LogP contribution in [0, 0.1) is 17.8 Å². The molecule has 1 aromatic rings. The lowest BCUT2D eigenvalue weighted by molar-refractivity contribution is -0.190. The fraction of sp³-hybridized carbons (Fsp3) is 0.429. The highest BCUT2D eigenvalue weighted by atomic mass is 35.5. The average molecular weight is 317 g/mol. The molecule has 1 aliphatic heterocycles. The van der Waals surface area contributed by atoms with Gasteiger partial charge in [0.05, 0.1) is 0 Å². The normalized spacial score (nSPS) is 28.1. The van der Waals surface area contributed by atoms with Crippen molar-refractivity contribution in [1.29, 1.82) is 0 Å². The number of rotatable bonds is 0. The Morgan fingerprint density at radius 1 is 1.33 bits per heavy atom. The van der Waals surface area contributed by atoms with Crippen molar-refractivity contribution in [2.75, 3.05) is 5.32 Å². The van der Waals surface area contributed by atoms with Gasteiger partial charge in [0, 0.05) is 22.2 Å². The van der Waals surface area contributed by atoms with Crippen LogP contribution in [0.15, 0.2) is 18.2 Å². The molecule has 21 heavy (non-hydrogen) atoms. The molecule has 1 heterocycles. The highest BCUT2D eigenvalue weighted by molar-refractivity contribution is 6.30. The maximum atomic E-state index is 13.7. The third kappa shape index (κ3) is 2.57. The Morgan fingerprint density at radius 2 is 2.05 bits per heavy atom. The van der Waals surface area contributed by atoms with Gasteiger partial charge in [-0.2, -0.15) is 13.2 Å². The van der Waals surface area contributed by atoms with E-state index < -0.39 is 18.1 Å². The van der Waals surface area contributed by atoms with Crippen LogP contribution in [-0.2, 0) is 5.54 Å². The van der Waals surface area contributed by atoms with E-state index in [1.807, 2.05) is 0 Å². The van der Waals surface area contributed by atoms with Gasteiger partial charge in [-0.05, 0) is 31.0 Å². The average Bonchev–Trinajstić information content (AvgIpc) is 3.19. The largest absolute Gasteiger partial charge is 0.422 e. The van der Waals surface area contributed by atoms with Gasteiger partial charge in [-0.3, -0.25) is 0 Å². The number of hydrogen-bond donors (Lipinski definition) is 3. The van der Waals surface area contributed by atoms with E-state index >= 15 is 0 Å². The van der Waals surface area contributed by atoms with Crippen molar-refractivity contribution in [1.82, 2.24) is 5.32 Å². The summed E-state index contributed by atoms with van der Waals surface area (Å²) < 4.78 is 41.1. The summed E-state index contributed by atoms with van der Waals surface area (Å²) >= 11 is 5.83. The van der Waals surface area contributed by atoms with Crippen LogP contribution in [0.2, 0.25) is 5.02 Å². The standard InChI is InChI=1S/C14H12ClF3N2O/c15-9-3-4-11-10(7-9)13(14(16,17)18,20-12(21)19-11)6-5-8-1-2-8/h3-4,7-8,12,19-21H,1-2H2/t12?,13-/m0/s1. The van der Waals surface area contributed by atoms with Crippen LogP contribution in [-0.4, -0.2) is 17.6 Å². The highest BCUT2D eigenvalue weighted by Gasteiger charge is 2.59. The van der Waals surface area contributed by atoms with Crippen LogP contribution in [0.3, 0.4) is 0 Å². The van der Waals surface area contributed by atoms with Crippen molar-refractivity contribution in [2.45, 2.75) is 30.9 Å². The first kappa shape index (κ1) is 14.5. The molecule has 2 aliphatic rings. The van der Waals surface area contributed by atoms with Crippen LogP contribution in [0.25, 0.3) is 0 Å². The zero-order valence-electron chi connectivity index (χ0n) is 10.8. The van der Waals surface area contributed by atoms with E-state index in [1.165, 1.54) is 18.2 Å². The molecule has 1 unspecified atom stereocenters. The Hall–Kier alpha value is -1.42. The van der Waals surface area contributed by atoms with Gasteiger partial charge in [-0.1, -0.05) is 23.4 Å². The monoisotopic (exact) mass is 316 g/mol. The van der Waals surface area contributed by atoms with E-state index in [0.29, 0.717) is 0 Å². The first-order chi connectivity index (χ1) is 9.82. The molecule has 1 fully saturated rings. The number of halogens is 4. The quantitative estimate of drug-likeness (QED) is 0.645. The Balaban J connectivity index is 2.19. The Kier molecular flexibility index (Phi) is 3.32. The number of aliphatic hydroxyl groups excluding tert-OH is 1. The summed E-state index contributed by atoms with van der Waals surface area (Å²) in [5.74, 6) is 4.95. The Morgan fingerprint density at radius 3 is 2.67 bits per heavy atom. The molecule has 2 atom stereocenters. The summed E-state index contributed by atoms with van der Waals surface area (Å²) in [4.78, 5) is 0. The highest BCUT2D eigenvalue weighted by Crippen LogP contribution is 2.45. The van der Waals surface area contributed by atoms with Crippen molar-refractivity contribution in [3.05, 3.63) is 28.8 Å². The van der Waals surface area contributed by atoms with Crippen LogP contribution in [0.5, 0.6) is 0 Å². The number of benzene rings is 1. The van der Waals surface area contributed by atoms with E-state index in [2.05, 4.69) is 22.5 Å². The first-order valence-corrected chi connectivity index (χ1v) is 6.81.